The first kappa shape index (κ1) is 15.8. The quantitative estimate of drug-likeness (QED) is 0.657. The maximum atomic E-state index is 11.7. The van der Waals surface area contributed by atoms with Crippen molar-refractivity contribution in [3.05, 3.63) is 34.2 Å². The summed E-state index contributed by atoms with van der Waals surface area (Å²) in [6.07, 6.45) is 1.64. The molecule has 0 spiro atoms. The lowest BCUT2D eigenvalue weighted by molar-refractivity contribution is 0.838. The molecule has 0 saturated carbocycles. The van der Waals surface area contributed by atoms with Gasteiger partial charge >= 0.3 is 0 Å². The molecule has 0 radical (unpaired) electrons. The molecule has 0 aliphatic rings. The second-order valence-electron chi connectivity index (χ2n) is 6.06. The van der Waals surface area contributed by atoms with Gasteiger partial charge in [0.2, 0.25) is 0 Å². The fourth-order valence-electron chi connectivity index (χ4n) is 3.13. The summed E-state index contributed by atoms with van der Waals surface area (Å²) < 4.78 is 0. The zero-order valence-electron chi connectivity index (χ0n) is 12.9. The molecule has 1 N–H and O–H groups in total. The molecule has 2 nitrogen and oxygen atoms in total. The summed E-state index contributed by atoms with van der Waals surface area (Å²) >= 11 is 0. The highest BCUT2D eigenvalue weighted by molar-refractivity contribution is 6.90. The van der Waals surface area contributed by atoms with Gasteiger partial charge in [-0.15, -0.1) is 5.54 Å². The smallest absolute Gasteiger partial charge is 0.263 e. The fourth-order valence-corrected chi connectivity index (χ4v) is 8.35. The molecule has 0 aliphatic carbocycles. The minimum atomic E-state index is -1.75. The van der Waals surface area contributed by atoms with Gasteiger partial charge in [0.1, 0.15) is 8.07 Å². The van der Waals surface area contributed by atoms with Crippen LogP contribution in [-0.4, -0.2) is 13.1 Å². The van der Waals surface area contributed by atoms with E-state index in [9.17, 15) is 4.79 Å². The van der Waals surface area contributed by atoms with E-state index in [1.165, 1.54) is 0 Å². The van der Waals surface area contributed by atoms with Crippen LogP contribution in [0.5, 0.6) is 0 Å². The third-order valence-corrected chi connectivity index (χ3v) is 10.4. The predicted octanol–water partition coefficient (Wildman–Crippen LogP) is 3.94. The van der Waals surface area contributed by atoms with Gasteiger partial charge < -0.3 is 4.98 Å². The minimum Gasteiger partial charge on any atom is -0.328 e. The normalized spacial score (nSPS) is 11.8. The van der Waals surface area contributed by atoms with Gasteiger partial charge in [-0.2, -0.15) is 0 Å². The van der Waals surface area contributed by atoms with Crippen LogP contribution in [0.4, 0.5) is 0 Å². The van der Waals surface area contributed by atoms with Crippen LogP contribution >= 0.6 is 0 Å². The van der Waals surface area contributed by atoms with Crippen molar-refractivity contribution in [2.75, 3.05) is 0 Å². The number of aromatic amines is 1. The number of rotatable bonds is 3. The van der Waals surface area contributed by atoms with Gasteiger partial charge in [-0.3, -0.25) is 4.79 Å². The molecular weight excluding hydrogens is 250 g/mol. The third kappa shape index (κ3) is 3.19. The lowest BCUT2D eigenvalue weighted by atomic mass is 10.3. The Kier molecular flexibility index (Phi) is 5.19. The van der Waals surface area contributed by atoms with Crippen molar-refractivity contribution in [2.24, 2.45) is 0 Å². The van der Waals surface area contributed by atoms with Crippen molar-refractivity contribution in [1.82, 2.24) is 4.98 Å². The second kappa shape index (κ2) is 6.25. The molecule has 0 fully saturated rings. The van der Waals surface area contributed by atoms with Crippen LogP contribution in [0.25, 0.3) is 0 Å². The van der Waals surface area contributed by atoms with Gasteiger partial charge in [0.25, 0.3) is 5.56 Å². The number of hydrogen-bond donors (Lipinski definition) is 1. The monoisotopic (exact) mass is 275 g/mol. The molecule has 3 heteroatoms. The summed E-state index contributed by atoms with van der Waals surface area (Å²) in [5.74, 6) is 3.17. The topological polar surface area (TPSA) is 32.9 Å². The van der Waals surface area contributed by atoms with Gasteiger partial charge in [0.05, 0.1) is 5.56 Å². The van der Waals surface area contributed by atoms with Crippen molar-refractivity contribution in [3.8, 4) is 11.5 Å². The molecule has 0 atom stereocenters. The Bertz CT molecular complexity index is 510. The van der Waals surface area contributed by atoms with Crippen LogP contribution in [0, 0.1) is 11.5 Å². The third-order valence-electron chi connectivity index (χ3n) is 4.10. The summed E-state index contributed by atoms with van der Waals surface area (Å²) in [4.78, 5) is 14.4. The molecule has 0 unspecified atom stereocenters. The number of nitrogens with one attached hydrogen (secondary N) is 1. The molecule has 104 valence electrons. The maximum absolute atomic E-state index is 11.7. The van der Waals surface area contributed by atoms with Crippen LogP contribution < -0.4 is 5.56 Å². The number of hydrogen-bond acceptors (Lipinski definition) is 1. The van der Waals surface area contributed by atoms with Crippen molar-refractivity contribution in [3.63, 3.8) is 0 Å². The zero-order valence-corrected chi connectivity index (χ0v) is 13.9. The second-order valence-corrected chi connectivity index (χ2v) is 11.6. The zero-order chi connectivity index (χ0) is 14.6. The van der Waals surface area contributed by atoms with E-state index in [4.69, 9.17) is 0 Å². The standard InChI is InChI=1S/C16H25NOSi/c1-12(2)19(13(3)4,14(5)6)11-9-15-8-7-10-17-16(15)18/h7-8,10,12-14H,1-6H3,(H,17,18). The van der Waals surface area contributed by atoms with Crippen LogP contribution in [-0.2, 0) is 0 Å². The van der Waals surface area contributed by atoms with E-state index >= 15 is 0 Å². The Hall–Kier alpha value is -1.27. The van der Waals surface area contributed by atoms with Crippen LogP contribution in [0.1, 0.15) is 47.1 Å². The highest BCUT2D eigenvalue weighted by atomic mass is 28.3. The molecule has 1 aromatic heterocycles. The van der Waals surface area contributed by atoms with Crippen LogP contribution in [0.3, 0.4) is 0 Å². The minimum absolute atomic E-state index is 0.0887. The van der Waals surface area contributed by atoms with Crippen LogP contribution in [0.15, 0.2) is 23.1 Å². The SMILES string of the molecule is CC(C)[Si](C#Cc1ccc[nH]c1=O)(C(C)C)C(C)C. The molecule has 1 aromatic rings. The van der Waals surface area contributed by atoms with Gasteiger partial charge in [-0.25, -0.2) is 0 Å². The average Bonchev–Trinajstić information content (AvgIpc) is 2.30. The van der Waals surface area contributed by atoms with Crippen molar-refractivity contribution in [1.29, 1.82) is 0 Å². The Labute approximate surface area is 117 Å². The van der Waals surface area contributed by atoms with Crippen molar-refractivity contribution >= 4 is 8.07 Å². The van der Waals surface area contributed by atoms with Gasteiger partial charge in [-0.05, 0) is 28.8 Å². The van der Waals surface area contributed by atoms with E-state index in [1.807, 2.05) is 6.07 Å². The molecule has 1 rings (SSSR count). The van der Waals surface area contributed by atoms with E-state index < -0.39 is 8.07 Å². The Balaban J connectivity index is 3.32. The molecule has 0 aromatic carbocycles. The molecule has 0 bridgehead atoms. The maximum Gasteiger partial charge on any atom is 0.263 e. The van der Waals surface area contributed by atoms with Crippen molar-refractivity contribution < 1.29 is 0 Å². The predicted molar refractivity (Wildman–Crippen MR) is 85.0 cm³/mol. The summed E-state index contributed by atoms with van der Waals surface area (Å²) in [5.41, 5.74) is 5.81. The van der Waals surface area contributed by atoms with E-state index in [2.05, 4.69) is 58.0 Å². The molecule has 0 amide bonds. The summed E-state index contributed by atoms with van der Waals surface area (Å²) in [7, 11) is -1.75. The first-order chi connectivity index (χ1) is 8.82. The summed E-state index contributed by atoms with van der Waals surface area (Å²) in [5, 5.41) is 0. The number of pyridine rings is 1. The Morgan fingerprint density at radius 1 is 1.05 bits per heavy atom. The van der Waals surface area contributed by atoms with Gasteiger partial charge in [-0.1, -0.05) is 47.5 Å². The molecule has 1 heterocycles. The molecule has 0 saturated heterocycles. The Morgan fingerprint density at radius 3 is 2.00 bits per heavy atom. The average molecular weight is 275 g/mol. The highest BCUT2D eigenvalue weighted by Crippen LogP contribution is 2.40. The van der Waals surface area contributed by atoms with Crippen molar-refractivity contribution in [2.45, 2.75) is 58.2 Å². The molecule has 19 heavy (non-hydrogen) atoms. The van der Waals surface area contributed by atoms with E-state index in [-0.39, 0.29) is 5.56 Å². The Morgan fingerprint density at radius 2 is 1.58 bits per heavy atom. The first-order valence-electron chi connectivity index (χ1n) is 7.03. The molecular formula is C16H25NOSi. The van der Waals surface area contributed by atoms with Gasteiger partial charge in [0.15, 0.2) is 0 Å². The fraction of sp³-hybridized carbons (Fsp3) is 0.562. The van der Waals surface area contributed by atoms with Gasteiger partial charge in [0, 0.05) is 6.20 Å². The molecule has 0 aliphatic heterocycles. The first-order valence-corrected chi connectivity index (χ1v) is 9.26. The summed E-state index contributed by atoms with van der Waals surface area (Å²) in [6.45, 7) is 13.6. The lowest BCUT2D eigenvalue weighted by Gasteiger charge is -2.38. The highest BCUT2D eigenvalue weighted by Gasteiger charge is 2.41. The van der Waals surface area contributed by atoms with E-state index in [0.29, 0.717) is 22.2 Å². The van der Waals surface area contributed by atoms with E-state index in [1.54, 1.807) is 12.3 Å². The number of aromatic nitrogens is 1. The largest absolute Gasteiger partial charge is 0.328 e. The van der Waals surface area contributed by atoms with E-state index in [0.717, 1.165) is 0 Å². The summed E-state index contributed by atoms with van der Waals surface area (Å²) in [6, 6.07) is 3.63. The lowest BCUT2D eigenvalue weighted by Crippen LogP contribution is -2.43. The number of H-pyrrole nitrogens is 1. The van der Waals surface area contributed by atoms with Crippen LogP contribution in [0.2, 0.25) is 16.6 Å².